The maximum atomic E-state index is 7.46. The molecule has 0 unspecified atom stereocenters. The lowest BCUT2D eigenvalue weighted by atomic mass is 10.1. The van der Waals surface area contributed by atoms with Crippen molar-refractivity contribution in [3.05, 3.63) is 120 Å². The number of aromatic nitrogens is 4. The quantitative estimate of drug-likeness (QED) is 0.285. The Kier molecular flexibility index (Phi) is 12.1. The van der Waals surface area contributed by atoms with E-state index >= 15 is 0 Å². The van der Waals surface area contributed by atoms with Crippen LogP contribution in [0, 0.1) is 0 Å². The van der Waals surface area contributed by atoms with Gasteiger partial charge in [0.25, 0.3) is 0 Å². The van der Waals surface area contributed by atoms with E-state index in [0.29, 0.717) is 48.1 Å². The van der Waals surface area contributed by atoms with Crippen molar-refractivity contribution in [3.8, 4) is 0 Å². The van der Waals surface area contributed by atoms with Crippen LogP contribution in [0.25, 0.3) is 0 Å². The van der Waals surface area contributed by atoms with Gasteiger partial charge in [-0.3, -0.25) is 19.9 Å². The molecule has 0 aromatic carbocycles. The Balaban J connectivity index is 0.000000267. The molecule has 0 saturated carbocycles. The topological polar surface area (TPSA) is 51.6 Å². The largest absolute Gasteiger partial charge is 0.264 e. The smallest absolute Gasteiger partial charge is 0.0843 e. The molecular weight excluding hydrogens is 440 g/mol. The first kappa shape index (κ1) is 24.3. The maximum Gasteiger partial charge on any atom is 0.0843 e. The van der Waals surface area contributed by atoms with Crippen LogP contribution in [0.4, 0.5) is 0 Å². The summed E-state index contributed by atoms with van der Waals surface area (Å²) in [5, 5.41) is 0. The lowest BCUT2D eigenvalue weighted by Gasteiger charge is -2.00. The number of pyridine rings is 4. The molecule has 192 valence electrons. The van der Waals surface area contributed by atoms with Crippen LogP contribution in [0.2, 0.25) is 0 Å². The average Bonchev–Trinajstić information content (AvgIpc) is 2.90. The van der Waals surface area contributed by atoms with Gasteiger partial charge in [-0.15, -0.1) is 0 Å². The average molecular weight is 493 g/mol. The molecule has 0 aliphatic carbocycles. The fraction of sp³-hybridized carbons (Fsp3) is 0.375. The maximum absolute atomic E-state index is 7.46. The molecule has 4 heterocycles. The van der Waals surface area contributed by atoms with Crippen molar-refractivity contribution in [2.75, 3.05) is 0 Å². The molecule has 0 aliphatic rings. The van der Waals surface area contributed by atoms with E-state index in [4.69, 9.17) is 5.48 Å². The molecule has 0 bridgehead atoms. The number of rotatable bonds is 4. The third-order valence-electron chi connectivity index (χ3n) is 5.09. The molecular formula is C32H44N4. The van der Waals surface area contributed by atoms with Gasteiger partial charge >= 0.3 is 0 Å². The van der Waals surface area contributed by atoms with E-state index in [1.165, 1.54) is 5.56 Å². The highest BCUT2D eigenvalue weighted by Gasteiger charge is 1.96. The molecule has 0 spiro atoms. The normalized spacial score (nSPS) is 11.7. The zero-order valence-corrected chi connectivity index (χ0v) is 23.0. The third-order valence-corrected chi connectivity index (χ3v) is 5.09. The van der Waals surface area contributed by atoms with Crippen LogP contribution >= 0.6 is 0 Å². The summed E-state index contributed by atoms with van der Waals surface area (Å²) in [5.74, 6) is 1.79. The lowest BCUT2D eigenvalue weighted by Crippen LogP contribution is -1.85. The van der Waals surface area contributed by atoms with Gasteiger partial charge < -0.3 is 0 Å². The van der Waals surface area contributed by atoms with Crippen LogP contribution in [-0.2, 0) is 0 Å². The minimum atomic E-state index is 0.337. The summed E-state index contributed by atoms with van der Waals surface area (Å²) in [5.41, 5.74) is 4.36. The van der Waals surface area contributed by atoms with Gasteiger partial charge in [-0.1, -0.05) is 79.6 Å². The highest BCUT2D eigenvalue weighted by atomic mass is 14.6. The van der Waals surface area contributed by atoms with Crippen LogP contribution in [-0.4, -0.2) is 19.9 Å². The molecule has 4 aromatic heterocycles. The number of hydrogen-bond donors (Lipinski definition) is 0. The first-order valence-corrected chi connectivity index (χ1v) is 12.5. The predicted molar refractivity (Wildman–Crippen MR) is 153 cm³/mol. The minimum absolute atomic E-state index is 0.337. The third kappa shape index (κ3) is 13.5. The van der Waals surface area contributed by atoms with Crippen molar-refractivity contribution in [2.24, 2.45) is 0 Å². The summed E-state index contributed by atoms with van der Waals surface area (Å²) in [6.07, 6.45) is 10.9. The van der Waals surface area contributed by atoms with Gasteiger partial charge in [0.1, 0.15) is 0 Å². The SMILES string of the molecule is [3H]c1ccc(C(C)C)cn1.[3H]c1ccncc1C(C)C.[3H]c1cncc(C(C)C)c1.[3H]c1ncccc1C(C)C. The van der Waals surface area contributed by atoms with Gasteiger partial charge in [0.05, 0.1) is 5.48 Å². The highest BCUT2D eigenvalue weighted by molar-refractivity contribution is 5.14. The highest BCUT2D eigenvalue weighted by Crippen LogP contribution is 2.12. The molecule has 0 N–H and O–H groups in total. The van der Waals surface area contributed by atoms with Crippen molar-refractivity contribution >= 4 is 0 Å². The Hall–Kier alpha value is -3.40. The Labute approximate surface area is 224 Å². The summed E-state index contributed by atoms with van der Waals surface area (Å²) in [7, 11) is 0. The van der Waals surface area contributed by atoms with Crippen molar-refractivity contribution in [1.82, 2.24) is 19.9 Å². The molecule has 36 heavy (non-hydrogen) atoms. The van der Waals surface area contributed by atoms with E-state index in [2.05, 4.69) is 75.3 Å². The lowest BCUT2D eigenvalue weighted by molar-refractivity contribution is 0.858. The molecule has 0 amide bonds. The molecule has 4 nitrogen and oxygen atoms in total. The van der Waals surface area contributed by atoms with Crippen LogP contribution in [0.15, 0.2) is 98.0 Å². The second-order valence-corrected chi connectivity index (χ2v) is 9.46. The molecule has 0 saturated heterocycles. The van der Waals surface area contributed by atoms with Crippen LogP contribution in [0.1, 0.15) is 107 Å². The van der Waals surface area contributed by atoms with E-state index in [0.717, 1.165) is 16.7 Å². The standard InChI is InChI=1S/4C8H11N/c4*1-7(2)8-4-3-5-9-6-8/h4*3-7H,1-2H3/i6T;5T;4T;3T. The second kappa shape index (κ2) is 18.0. The van der Waals surface area contributed by atoms with E-state index in [1.54, 1.807) is 43.1 Å². The summed E-state index contributed by atoms with van der Waals surface area (Å²) in [4.78, 5) is 15.6. The number of hydrogen-bond acceptors (Lipinski definition) is 4. The van der Waals surface area contributed by atoms with E-state index in [-0.39, 0.29) is 0 Å². The summed E-state index contributed by atoms with van der Waals surface area (Å²) in [6, 6.07) is 12.1. The molecule has 4 aromatic rings. The molecule has 4 rings (SSSR count). The van der Waals surface area contributed by atoms with Crippen molar-refractivity contribution in [2.45, 2.75) is 79.1 Å². The van der Waals surface area contributed by atoms with E-state index in [1.807, 2.05) is 30.5 Å². The van der Waals surface area contributed by atoms with Crippen molar-refractivity contribution < 1.29 is 5.48 Å². The molecule has 0 fully saturated rings. The molecule has 4 heteroatoms. The van der Waals surface area contributed by atoms with Gasteiger partial charge in [0.15, 0.2) is 0 Å². The van der Waals surface area contributed by atoms with Gasteiger partial charge in [-0.2, -0.15) is 0 Å². The van der Waals surface area contributed by atoms with Gasteiger partial charge in [-0.25, -0.2) is 0 Å². The summed E-state index contributed by atoms with van der Waals surface area (Å²) in [6.45, 7) is 16.7. The summed E-state index contributed by atoms with van der Waals surface area (Å²) < 4.78 is 29.2. The Morgan fingerprint density at radius 2 is 1.06 bits per heavy atom. The Morgan fingerprint density at radius 3 is 1.50 bits per heavy atom. The van der Waals surface area contributed by atoms with E-state index in [9.17, 15) is 0 Å². The van der Waals surface area contributed by atoms with Crippen molar-refractivity contribution in [1.29, 1.82) is 0 Å². The van der Waals surface area contributed by atoms with Gasteiger partial charge in [-0.05, 0) is 70.2 Å². The van der Waals surface area contributed by atoms with Gasteiger partial charge in [0.2, 0.25) is 0 Å². The Bertz CT molecular complexity index is 1210. The van der Waals surface area contributed by atoms with Crippen molar-refractivity contribution in [3.63, 3.8) is 0 Å². The number of nitrogens with zero attached hydrogens (tertiary/aromatic N) is 4. The van der Waals surface area contributed by atoms with Crippen LogP contribution in [0.5, 0.6) is 0 Å². The monoisotopic (exact) mass is 492 g/mol. The summed E-state index contributed by atoms with van der Waals surface area (Å²) >= 11 is 0. The van der Waals surface area contributed by atoms with Crippen LogP contribution in [0.3, 0.4) is 0 Å². The zero-order valence-electron chi connectivity index (χ0n) is 27.0. The first-order valence-electron chi connectivity index (χ1n) is 14.5. The molecule has 0 atom stereocenters. The predicted octanol–water partition coefficient (Wildman–Crippen LogP) is 8.82. The Morgan fingerprint density at radius 1 is 0.528 bits per heavy atom. The van der Waals surface area contributed by atoms with E-state index < -0.39 is 0 Å². The fourth-order valence-corrected chi connectivity index (χ4v) is 2.64. The molecule has 0 aliphatic heterocycles. The fourth-order valence-electron chi connectivity index (χ4n) is 2.64. The molecule has 0 radical (unpaired) electrons. The zero-order chi connectivity index (χ0) is 30.2. The first-order chi connectivity index (χ1) is 18.8. The minimum Gasteiger partial charge on any atom is -0.264 e. The van der Waals surface area contributed by atoms with Gasteiger partial charge in [0, 0.05) is 49.5 Å². The second-order valence-electron chi connectivity index (χ2n) is 9.46. The van der Waals surface area contributed by atoms with Crippen LogP contribution < -0.4 is 0 Å².